The van der Waals surface area contributed by atoms with Crippen LogP contribution < -0.4 is 4.90 Å². The highest BCUT2D eigenvalue weighted by atomic mass is 32.2. The van der Waals surface area contributed by atoms with E-state index in [1.54, 1.807) is 0 Å². The fourth-order valence-electron chi connectivity index (χ4n) is 6.80. The van der Waals surface area contributed by atoms with Gasteiger partial charge in [0.25, 0.3) is 0 Å². The van der Waals surface area contributed by atoms with Gasteiger partial charge in [-0.05, 0) is 87.0 Å². The Morgan fingerprint density at radius 2 is 0.809 bits per heavy atom. The van der Waals surface area contributed by atoms with Gasteiger partial charge in [0.2, 0.25) is 0 Å². The number of rotatable bonds is 6. The van der Waals surface area contributed by atoms with E-state index in [1.807, 2.05) is 11.8 Å². The molecule has 0 amide bonds. The molecule has 1 nitrogen and oxygen atoms in total. The summed E-state index contributed by atoms with van der Waals surface area (Å²) in [5, 5.41) is 0. The molecule has 0 saturated carbocycles. The molecule has 0 fully saturated rings. The third-order valence-electron chi connectivity index (χ3n) is 9.36. The van der Waals surface area contributed by atoms with Gasteiger partial charge < -0.3 is 4.90 Å². The number of benzene rings is 7. The average Bonchev–Trinajstić information content (AvgIpc) is 3.13. The van der Waals surface area contributed by atoms with E-state index < -0.39 is 0 Å². The first-order chi connectivity index (χ1) is 23.1. The van der Waals surface area contributed by atoms with Crippen LogP contribution in [0.5, 0.6) is 0 Å². The van der Waals surface area contributed by atoms with E-state index in [2.05, 4.69) is 195 Å². The summed E-state index contributed by atoms with van der Waals surface area (Å²) in [5.41, 5.74) is 13.5. The first-order valence-electron chi connectivity index (χ1n) is 16.2. The molecule has 1 heterocycles. The molecule has 8 rings (SSSR count). The molecule has 0 spiro atoms. The molecule has 0 N–H and O–H groups in total. The van der Waals surface area contributed by atoms with Crippen molar-refractivity contribution in [1.82, 2.24) is 0 Å². The maximum atomic E-state index is 2.35. The van der Waals surface area contributed by atoms with Gasteiger partial charge in [-0.3, -0.25) is 0 Å². The Hall–Kier alpha value is -5.31. The summed E-state index contributed by atoms with van der Waals surface area (Å²) in [7, 11) is 0. The second kappa shape index (κ2) is 12.1. The highest BCUT2D eigenvalue weighted by Gasteiger charge is 2.34. The van der Waals surface area contributed by atoms with Gasteiger partial charge in [-0.2, -0.15) is 0 Å². The van der Waals surface area contributed by atoms with Gasteiger partial charge in [0.1, 0.15) is 0 Å². The van der Waals surface area contributed by atoms with Gasteiger partial charge in [0.15, 0.2) is 0 Å². The fraction of sp³-hybridized carbons (Fsp3) is 0.0667. The van der Waals surface area contributed by atoms with Crippen molar-refractivity contribution in [2.45, 2.75) is 29.1 Å². The van der Waals surface area contributed by atoms with Crippen molar-refractivity contribution in [3.05, 3.63) is 187 Å². The monoisotopic (exact) mass is 621 g/mol. The van der Waals surface area contributed by atoms with Gasteiger partial charge in [-0.1, -0.05) is 159 Å². The molecule has 0 saturated heterocycles. The molecule has 0 aromatic heterocycles. The highest BCUT2D eigenvalue weighted by molar-refractivity contribution is 7.99. The average molecular weight is 622 g/mol. The molecule has 0 bridgehead atoms. The van der Waals surface area contributed by atoms with E-state index in [0.29, 0.717) is 0 Å². The van der Waals surface area contributed by atoms with Crippen LogP contribution >= 0.6 is 11.8 Å². The molecule has 7 aromatic rings. The van der Waals surface area contributed by atoms with Crippen molar-refractivity contribution in [3.8, 4) is 33.4 Å². The molecule has 1 aliphatic rings. The van der Waals surface area contributed by atoms with E-state index >= 15 is 0 Å². The topological polar surface area (TPSA) is 3.24 Å². The predicted molar refractivity (Wildman–Crippen MR) is 200 cm³/mol. The Morgan fingerprint density at radius 3 is 1.34 bits per heavy atom. The van der Waals surface area contributed by atoms with Gasteiger partial charge in [0.05, 0.1) is 0 Å². The summed E-state index contributed by atoms with van der Waals surface area (Å²) in [6.07, 6.45) is 0. The normalized spacial score (nSPS) is 13.0. The van der Waals surface area contributed by atoms with Crippen LogP contribution in [-0.4, -0.2) is 0 Å². The smallest absolute Gasteiger partial charge is 0.0462 e. The maximum absolute atomic E-state index is 2.35. The Balaban J connectivity index is 1.18. The molecule has 0 atom stereocenters. The lowest BCUT2D eigenvalue weighted by Gasteiger charge is -2.35. The minimum Gasteiger partial charge on any atom is -0.311 e. The summed E-state index contributed by atoms with van der Waals surface area (Å²) in [4.78, 5) is 5.05. The zero-order valence-electron chi connectivity index (χ0n) is 26.6. The molecule has 0 aliphatic carbocycles. The number of nitrogens with zero attached hydrogens (tertiary/aromatic N) is 1. The highest BCUT2D eigenvalue weighted by Crippen LogP contribution is 2.52. The van der Waals surface area contributed by atoms with E-state index in [0.717, 1.165) is 17.1 Å². The lowest BCUT2D eigenvalue weighted by atomic mass is 9.77. The second-order valence-corrected chi connectivity index (χ2v) is 13.7. The summed E-state index contributed by atoms with van der Waals surface area (Å²) < 4.78 is 0. The Labute approximate surface area is 282 Å². The molecule has 0 radical (unpaired) electrons. The van der Waals surface area contributed by atoms with E-state index in [4.69, 9.17) is 0 Å². The van der Waals surface area contributed by atoms with Crippen molar-refractivity contribution in [2.75, 3.05) is 4.90 Å². The van der Waals surface area contributed by atoms with Crippen LogP contribution in [0.1, 0.15) is 25.0 Å². The third-order valence-corrected chi connectivity index (χ3v) is 10.6. The first-order valence-corrected chi connectivity index (χ1v) is 17.0. The molecule has 47 heavy (non-hydrogen) atoms. The summed E-state index contributed by atoms with van der Waals surface area (Å²) >= 11 is 1.90. The molecule has 0 unspecified atom stereocenters. The number of hydrogen-bond acceptors (Lipinski definition) is 2. The zero-order chi connectivity index (χ0) is 31.8. The zero-order valence-corrected chi connectivity index (χ0v) is 27.4. The van der Waals surface area contributed by atoms with Gasteiger partial charge in [-0.15, -0.1) is 0 Å². The van der Waals surface area contributed by atoms with Crippen molar-refractivity contribution in [1.29, 1.82) is 0 Å². The SMILES string of the molecule is CC1(C)c2ccccc2Sc2c(-c3ccc(N(c4ccc(-c5ccccc5)cc4)c4ccc(-c5ccccc5)cc4)cc3)cccc21. The second-order valence-electron chi connectivity index (χ2n) is 12.6. The largest absolute Gasteiger partial charge is 0.311 e. The van der Waals surface area contributed by atoms with Crippen LogP contribution in [0, 0.1) is 0 Å². The van der Waals surface area contributed by atoms with E-state index in [1.165, 1.54) is 54.3 Å². The number of fused-ring (bicyclic) bond motifs is 2. The van der Waals surface area contributed by atoms with Crippen LogP contribution in [0.15, 0.2) is 186 Å². The first kappa shape index (κ1) is 29.1. The van der Waals surface area contributed by atoms with Crippen molar-refractivity contribution in [2.24, 2.45) is 0 Å². The van der Waals surface area contributed by atoms with Crippen molar-refractivity contribution < 1.29 is 0 Å². The van der Waals surface area contributed by atoms with Gasteiger partial charge >= 0.3 is 0 Å². The van der Waals surface area contributed by atoms with Crippen LogP contribution in [0.4, 0.5) is 17.1 Å². The number of anilines is 3. The Morgan fingerprint density at radius 1 is 0.383 bits per heavy atom. The Bertz CT molecular complexity index is 2070. The van der Waals surface area contributed by atoms with E-state index in [9.17, 15) is 0 Å². The quantitative estimate of drug-likeness (QED) is 0.182. The van der Waals surface area contributed by atoms with Crippen molar-refractivity contribution >= 4 is 28.8 Å². The number of hydrogen-bond donors (Lipinski definition) is 0. The summed E-state index contributed by atoms with van der Waals surface area (Å²) in [6.45, 7) is 4.70. The Kier molecular flexibility index (Phi) is 7.52. The van der Waals surface area contributed by atoms with Gasteiger partial charge in [0, 0.05) is 32.3 Å². The maximum Gasteiger partial charge on any atom is 0.0462 e. The van der Waals surface area contributed by atoms with Crippen LogP contribution in [-0.2, 0) is 5.41 Å². The van der Waals surface area contributed by atoms with E-state index in [-0.39, 0.29) is 5.41 Å². The molecule has 226 valence electrons. The summed E-state index contributed by atoms with van der Waals surface area (Å²) in [5.74, 6) is 0. The van der Waals surface area contributed by atoms with Crippen molar-refractivity contribution in [3.63, 3.8) is 0 Å². The molecular formula is C45H35NS. The summed E-state index contributed by atoms with van der Waals surface area (Å²) in [6, 6.07) is 63.6. The lowest BCUT2D eigenvalue weighted by molar-refractivity contribution is 0.608. The molecule has 1 aliphatic heterocycles. The minimum atomic E-state index is -0.0538. The standard InChI is InChI=1S/C45H35NS/c1-45(2)41-17-9-10-19-43(41)47-44-40(16-11-18-42(44)45)36-24-30-39(31-25-36)46(37-26-20-34(21-27-37)32-12-5-3-6-13-32)38-28-22-35(23-29-38)33-14-7-4-8-15-33/h3-31H,1-2H3. The molecule has 7 aromatic carbocycles. The fourth-order valence-corrected chi connectivity index (χ4v) is 8.33. The van der Waals surface area contributed by atoms with Crippen LogP contribution in [0.3, 0.4) is 0 Å². The molecular weight excluding hydrogens is 587 g/mol. The predicted octanol–water partition coefficient (Wildman–Crippen LogP) is 12.9. The third kappa shape index (κ3) is 5.45. The van der Waals surface area contributed by atoms with Crippen LogP contribution in [0.25, 0.3) is 33.4 Å². The molecule has 2 heteroatoms. The van der Waals surface area contributed by atoms with Gasteiger partial charge in [-0.25, -0.2) is 0 Å². The lowest BCUT2D eigenvalue weighted by Crippen LogP contribution is -2.23. The minimum absolute atomic E-state index is 0.0538. The van der Waals surface area contributed by atoms with Crippen LogP contribution in [0.2, 0.25) is 0 Å².